The van der Waals surface area contributed by atoms with Crippen LogP contribution in [0.2, 0.25) is 0 Å². The van der Waals surface area contributed by atoms with Crippen molar-refractivity contribution in [1.29, 1.82) is 0 Å². The number of hydrogen-bond donors (Lipinski definition) is 1. The second-order valence-corrected chi connectivity index (χ2v) is 7.22. The van der Waals surface area contributed by atoms with E-state index in [0.717, 1.165) is 15.6 Å². The molecule has 0 saturated carbocycles. The lowest BCUT2D eigenvalue weighted by Gasteiger charge is -2.28. The molecular formula is C21H25BrN2O4. The molecule has 2 rings (SSSR count). The average Bonchev–Trinajstić information content (AvgIpc) is 2.71. The van der Waals surface area contributed by atoms with Gasteiger partial charge in [0.1, 0.15) is 17.5 Å². The monoisotopic (exact) mass is 448 g/mol. The summed E-state index contributed by atoms with van der Waals surface area (Å²) in [6.07, 6.45) is 0. The first kappa shape index (κ1) is 21.8. The van der Waals surface area contributed by atoms with Gasteiger partial charge in [-0.1, -0.05) is 28.1 Å². The van der Waals surface area contributed by atoms with Crippen molar-refractivity contribution in [3.63, 3.8) is 0 Å². The number of amides is 2. The summed E-state index contributed by atoms with van der Waals surface area (Å²) in [6, 6.07) is 12.3. The van der Waals surface area contributed by atoms with E-state index in [1.807, 2.05) is 43.3 Å². The Balaban J connectivity index is 2.15. The molecule has 28 heavy (non-hydrogen) atoms. The molecule has 1 atom stereocenters. The van der Waals surface area contributed by atoms with Crippen molar-refractivity contribution in [3.05, 3.63) is 58.1 Å². The first-order valence-electron chi connectivity index (χ1n) is 8.88. The van der Waals surface area contributed by atoms with Gasteiger partial charge < -0.3 is 19.7 Å². The summed E-state index contributed by atoms with van der Waals surface area (Å²) >= 11 is 3.44. The van der Waals surface area contributed by atoms with Crippen LogP contribution in [0.5, 0.6) is 11.5 Å². The SMILES string of the molecule is CNC(=O)[C@H](C)N(Cc1cccc(OC)c1)C(=O)COc1ccc(Br)c(C)c1. The predicted molar refractivity (Wildman–Crippen MR) is 111 cm³/mol. The summed E-state index contributed by atoms with van der Waals surface area (Å²) in [5.74, 6) is 0.775. The molecule has 2 aromatic carbocycles. The molecular weight excluding hydrogens is 424 g/mol. The van der Waals surface area contributed by atoms with E-state index in [0.29, 0.717) is 11.5 Å². The van der Waals surface area contributed by atoms with E-state index < -0.39 is 6.04 Å². The number of hydrogen-bond acceptors (Lipinski definition) is 4. The molecule has 0 aliphatic rings. The zero-order chi connectivity index (χ0) is 20.7. The zero-order valence-corrected chi connectivity index (χ0v) is 18.1. The third-order valence-corrected chi connectivity index (χ3v) is 5.28. The third-order valence-electron chi connectivity index (χ3n) is 4.39. The van der Waals surface area contributed by atoms with Gasteiger partial charge in [-0.05, 0) is 55.3 Å². The van der Waals surface area contributed by atoms with Crippen molar-refractivity contribution in [2.45, 2.75) is 26.4 Å². The van der Waals surface area contributed by atoms with Gasteiger partial charge in [0.25, 0.3) is 5.91 Å². The van der Waals surface area contributed by atoms with Gasteiger partial charge in [-0.25, -0.2) is 0 Å². The summed E-state index contributed by atoms with van der Waals surface area (Å²) in [6.45, 7) is 3.75. The maximum atomic E-state index is 12.9. The Bertz CT molecular complexity index is 841. The van der Waals surface area contributed by atoms with E-state index >= 15 is 0 Å². The van der Waals surface area contributed by atoms with Gasteiger partial charge >= 0.3 is 0 Å². The number of carbonyl (C=O) groups excluding carboxylic acids is 2. The van der Waals surface area contributed by atoms with Gasteiger partial charge in [-0.2, -0.15) is 0 Å². The Labute approximate surface area is 174 Å². The molecule has 0 bridgehead atoms. The maximum Gasteiger partial charge on any atom is 0.261 e. The summed E-state index contributed by atoms with van der Waals surface area (Å²) < 4.78 is 11.9. The number of carbonyl (C=O) groups is 2. The van der Waals surface area contributed by atoms with Crippen molar-refractivity contribution in [1.82, 2.24) is 10.2 Å². The van der Waals surface area contributed by atoms with Crippen LogP contribution in [0.15, 0.2) is 46.9 Å². The lowest BCUT2D eigenvalue weighted by Crippen LogP contribution is -2.48. The maximum absolute atomic E-state index is 12.9. The van der Waals surface area contributed by atoms with Gasteiger partial charge in [-0.3, -0.25) is 9.59 Å². The molecule has 0 unspecified atom stereocenters. The Hall–Kier alpha value is -2.54. The highest BCUT2D eigenvalue weighted by atomic mass is 79.9. The lowest BCUT2D eigenvalue weighted by atomic mass is 10.1. The number of likely N-dealkylation sites (N-methyl/N-ethyl adjacent to an activating group) is 1. The minimum absolute atomic E-state index is 0.160. The van der Waals surface area contributed by atoms with Crippen LogP contribution < -0.4 is 14.8 Å². The van der Waals surface area contributed by atoms with Crippen molar-refractivity contribution in [3.8, 4) is 11.5 Å². The van der Waals surface area contributed by atoms with Gasteiger partial charge in [0, 0.05) is 18.1 Å². The molecule has 0 aliphatic heterocycles. The number of halogens is 1. The Morgan fingerprint density at radius 2 is 1.93 bits per heavy atom. The molecule has 0 radical (unpaired) electrons. The number of rotatable bonds is 8. The quantitative estimate of drug-likeness (QED) is 0.672. The van der Waals surface area contributed by atoms with E-state index in [1.54, 1.807) is 27.1 Å². The van der Waals surface area contributed by atoms with Crippen LogP contribution in [0.3, 0.4) is 0 Å². The van der Waals surface area contributed by atoms with E-state index in [1.165, 1.54) is 4.90 Å². The standard InChI is InChI=1S/C21H25BrN2O4/c1-14-10-18(8-9-19(14)22)28-13-20(25)24(15(2)21(26)23-3)12-16-6-5-7-17(11-16)27-4/h5-11,15H,12-13H2,1-4H3,(H,23,26)/t15-/m0/s1. The molecule has 0 heterocycles. The molecule has 2 amide bonds. The molecule has 0 spiro atoms. The number of ether oxygens (including phenoxy) is 2. The molecule has 0 aromatic heterocycles. The first-order chi connectivity index (χ1) is 13.3. The minimum Gasteiger partial charge on any atom is -0.497 e. The molecule has 7 heteroatoms. The summed E-state index contributed by atoms with van der Waals surface area (Å²) in [7, 11) is 3.14. The van der Waals surface area contributed by atoms with Crippen LogP contribution in [0, 0.1) is 6.92 Å². The largest absolute Gasteiger partial charge is 0.497 e. The van der Waals surface area contributed by atoms with Crippen LogP contribution in [0.1, 0.15) is 18.1 Å². The fraction of sp³-hybridized carbons (Fsp3) is 0.333. The summed E-state index contributed by atoms with van der Waals surface area (Å²) in [4.78, 5) is 26.5. The normalized spacial score (nSPS) is 11.5. The fourth-order valence-electron chi connectivity index (χ4n) is 2.69. The Morgan fingerprint density at radius 3 is 2.57 bits per heavy atom. The number of nitrogens with zero attached hydrogens (tertiary/aromatic N) is 1. The van der Waals surface area contributed by atoms with E-state index in [2.05, 4.69) is 21.2 Å². The first-order valence-corrected chi connectivity index (χ1v) is 9.68. The van der Waals surface area contributed by atoms with E-state index in [9.17, 15) is 9.59 Å². The number of methoxy groups -OCH3 is 1. The Morgan fingerprint density at radius 1 is 1.18 bits per heavy atom. The van der Waals surface area contributed by atoms with Gasteiger partial charge in [0.05, 0.1) is 7.11 Å². The van der Waals surface area contributed by atoms with Crippen molar-refractivity contribution < 1.29 is 19.1 Å². The molecule has 6 nitrogen and oxygen atoms in total. The minimum atomic E-state index is -0.640. The number of benzene rings is 2. The van der Waals surface area contributed by atoms with Gasteiger partial charge in [0.2, 0.25) is 5.91 Å². The van der Waals surface area contributed by atoms with Crippen LogP contribution in [0.25, 0.3) is 0 Å². The second kappa shape index (κ2) is 10.1. The smallest absolute Gasteiger partial charge is 0.261 e. The molecule has 150 valence electrons. The fourth-order valence-corrected chi connectivity index (χ4v) is 2.94. The third kappa shape index (κ3) is 5.73. The zero-order valence-electron chi connectivity index (χ0n) is 16.5. The van der Waals surface area contributed by atoms with Gasteiger partial charge in [0.15, 0.2) is 6.61 Å². The van der Waals surface area contributed by atoms with Crippen molar-refractivity contribution in [2.75, 3.05) is 20.8 Å². The van der Waals surface area contributed by atoms with Crippen LogP contribution in [0.4, 0.5) is 0 Å². The summed E-state index contributed by atoms with van der Waals surface area (Å²) in [5.41, 5.74) is 1.87. The molecule has 0 fully saturated rings. The van der Waals surface area contributed by atoms with E-state index in [-0.39, 0.29) is 25.0 Å². The molecule has 1 N–H and O–H groups in total. The van der Waals surface area contributed by atoms with Crippen LogP contribution >= 0.6 is 15.9 Å². The second-order valence-electron chi connectivity index (χ2n) is 6.36. The highest BCUT2D eigenvalue weighted by molar-refractivity contribution is 9.10. The number of nitrogens with one attached hydrogen (secondary N) is 1. The lowest BCUT2D eigenvalue weighted by molar-refractivity contribution is -0.142. The summed E-state index contributed by atoms with van der Waals surface area (Å²) in [5, 5.41) is 2.59. The molecule has 0 aliphatic carbocycles. The van der Waals surface area contributed by atoms with Gasteiger partial charge in [-0.15, -0.1) is 0 Å². The van der Waals surface area contributed by atoms with Crippen LogP contribution in [-0.2, 0) is 16.1 Å². The average molecular weight is 449 g/mol. The highest BCUT2D eigenvalue weighted by Gasteiger charge is 2.26. The molecule has 2 aromatic rings. The highest BCUT2D eigenvalue weighted by Crippen LogP contribution is 2.22. The van der Waals surface area contributed by atoms with Crippen molar-refractivity contribution >= 4 is 27.7 Å². The Kier molecular flexibility index (Phi) is 7.87. The molecule has 0 saturated heterocycles. The van der Waals surface area contributed by atoms with E-state index in [4.69, 9.17) is 9.47 Å². The predicted octanol–water partition coefficient (Wildman–Crippen LogP) is 3.31. The topological polar surface area (TPSA) is 67.9 Å². The van der Waals surface area contributed by atoms with Crippen LogP contribution in [-0.4, -0.2) is 43.5 Å². The van der Waals surface area contributed by atoms with Crippen molar-refractivity contribution in [2.24, 2.45) is 0 Å². The number of aryl methyl sites for hydroxylation is 1.